The second-order valence-corrected chi connectivity index (χ2v) is 11.2. The van der Waals surface area contributed by atoms with Gasteiger partial charge in [0.05, 0.1) is 29.0 Å². The molecule has 0 amide bonds. The summed E-state index contributed by atoms with van der Waals surface area (Å²) in [7, 11) is -0.706. The lowest BCUT2D eigenvalue weighted by molar-refractivity contribution is -0.143. The van der Waals surface area contributed by atoms with Crippen molar-refractivity contribution in [3.05, 3.63) is 24.8 Å². The Morgan fingerprint density at radius 2 is 1.44 bits per heavy atom. The molecule has 0 spiro atoms. The third kappa shape index (κ3) is 6.40. The minimum Gasteiger partial charge on any atom is -0.466 e. The Kier molecular flexibility index (Phi) is 8.44. The van der Waals surface area contributed by atoms with Crippen LogP contribution < -0.4 is 10.9 Å². The molecule has 0 atom stereocenters. The van der Waals surface area contributed by atoms with Crippen LogP contribution in [0.25, 0.3) is 0 Å². The molecular weight excluding hydrogens is 462 g/mol. The van der Waals surface area contributed by atoms with Crippen molar-refractivity contribution < 1.29 is 28.1 Å². The van der Waals surface area contributed by atoms with E-state index in [1.165, 1.54) is 0 Å². The van der Waals surface area contributed by atoms with E-state index in [2.05, 4.69) is 15.3 Å². The van der Waals surface area contributed by atoms with Crippen LogP contribution in [0.15, 0.2) is 24.8 Å². The van der Waals surface area contributed by atoms with Gasteiger partial charge in [-0.15, -0.1) is 0 Å². The zero-order valence-electron chi connectivity index (χ0n) is 23.1. The molecule has 1 N–H and O–H groups in total. The standard InChI is InChI=1S/C15H25BN2O4.C9H15BN2O2/c1-6-20-13(19)8-7-9-18-11-12(10-17-18)16-21-14(2,3)15(4,5)22-16;1-8(2)9(3,4)14-10(13-8)7-5-11-12-6-7/h10-11H,6-9H2,1-5H3;5-6H,1-4H3,(H,11,12). The van der Waals surface area contributed by atoms with Gasteiger partial charge < -0.3 is 23.4 Å². The molecular formula is C24H40B2N4O6. The maximum Gasteiger partial charge on any atom is 0.498 e. The average molecular weight is 502 g/mol. The summed E-state index contributed by atoms with van der Waals surface area (Å²) in [5.74, 6) is -0.166. The van der Waals surface area contributed by atoms with Crippen LogP contribution in [-0.2, 0) is 34.7 Å². The van der Waals surface area contributed by atoms with Crippen LogP contribution >= 0.6 is 0 Å². The summed E-state index contributed by atoms with van der Waals surface area (Å²) >= 11 is 0. The zero-order valence-corrected chi connectivity index (χ0v) is 23.1. The highest BCUT2D eigenvalue weighted by Crippen LogP contribution is 2.37. The lowest BCUT2D eigenvalue weighted by Crippen LogP contribution is -2.41. The molecule has 0 radical (unpaired) electrons. The third-order valence-electron chi connectivity index (χ3n) is 7.30. The zero-order chi connectivity index (χ0) is 26.8. The van der Waals surface area contributed by atoms with Gasteiger partial charge in [-0.1, -0.05) is 0 Å². The highest BCUT2D eigenvalue weighted by molar-refractivity contribution is 6.62. The fraction of sp³-hybridized carbons (Fsp3) is 0.708. The SMILES string of the molecule is CC1(C)OB(c2cn[nH]c2)OC1(C)C.CCOC(=O)CCCn1cc(B2OC(C)(C)C(C)(C)O2)cn1. The lowest BCUT2D eigenvalue weighted by Gasteiger charge is -2.32. The molecule has 12 heteroatoms. The average Bonchev–Trinajstić information content (AvgIpc) is 3.51. The highest BCUT2D eigenvalue weighted by Gasteiger charge is 2.53. The first-order chi connectivity index (χ1) is 16.7. The monoisotopic (exact) mass is 502 g/mol. The topological polar surface area (TPSA) is 110 Å². The number of H-pyrrole nitrogens is 1. The van der Waals surface area contributed by atoms with Crippen LogP contribution in [0.1, 0.15) is 75.2 Å². The summed E-state index contributed by atoms with van der Waals surface area (Å²) < 4.78 is 30.3. The number of ether oxygens (including phenoxy) is 1. The van der Waals surface area contributed by atoms with Crippen molar-refractivity contribution in [2.75, 3.05) is 6.61 Å². The van der Waals surface area contributed by atoms with Crippen LogP contribution in [0.2, 0.25) is 0 Å². The summed E-state index contributed by atoms with van der Waals surface area (Å²) in [6, 6.07) is 0. The number of aryl methyl sites for hydroxylation is 1. The van der Waals surface area contributed by atoms with E-state index in [1.54, 1.807) is 23.3 Å². The molecule has 0 saturated carbocycles. The molecule has 2 aliphatic rings. The molecule has 2 aliphatic heterocycles. The molecule has 0 unspecified atom stereocenters. The number of carbonyl (C=O) groups excluding carboxylic acids is 1. The van der Waals surface area contributed by atoms with E-state index in [-0.39, 0.29) is 35.5 Å². The Labute approximate surface area is 215 Å². The van der Waals surface area contributed by atoms with Crippen molar-refractivity contribution in [2.45, 2.75) is 104 Å². The van der Waals surface area contributed by atoms with E-state index in [9.17, 15) is 4.79 Å². The molecule has 4 heterocycles. The van der Waals surface area contributed by atoms with Gasteiger partial charge in [0.1, 0.15) is 0 Å². The van der Waals surface area contributed by atoms with Gasteiger partial charge in [-0.3, -0.25) is 14.6 Å². The van der Waals surface area contributed by atoms with E-state index < -0.39 is 7.12 Å². The summed E-state index contributed by atoms with van der Waals surface area (Å²) in [6.45, 7) is 19.1. The van der Waals surface area contributed by atoms with Crippen LogP contribution in [0, 0.1) is 0 Å². The maximum atomic E-state index is 11.3. The normalized spacial score (nSPS) is 21.2. The summed E-state index contributed by atoms with van der Waals surface area (Å²) in [4.78, 5) is 11.3. The second-order valence-electron chi connectivity index (χ2n) is 11.2. The van der Waals surface area contributed by atoms with E-state index in [0.29, 0.717) is 26.0 Å². The first-order valence-corrected chi connectivity index (χ1v) is 12.6. The molecule has 2 aromatic heterocycles. The van der Waals surface area contributed by atoms with Crippen molar-refractivity contribution >= 4 is 31.1 Å². The van der Waals surface area contributed by atoms with E-state index in [4.69, 9.17) is 23.4 Å². The first-order valence-electron chi connectivity index (χ1n) is 12.6. The maximum absolute atomic E-state index is 11.3. The summed E-state index contributed by atoms with van der Waals surface area (Å²) in [6.07, 6.45) is 8.28. The molecule has 2 saturated heterocycles. The third-order valence-corrected chi connectivity index (χ3v) is 7.30. The minimum absolute atomic E-state index is 0.166. The number of esters is 1. The van der Waals surface area contributed by atoms with Crippen molar-refractivity contribution in [3.8, 4) is 0 Å². The predicted octanol–water partition coefficient (Wildman–Crippen LogP) is 2.23. The van der Waals surface area contributed by atoms with Crippen molar-refractivity contribution in [1.82, 2.24) is 20.0 Å². The molecule has 198 valence electrons. The Hall–Kier alpha value is -2.14. The Bertz CT molecular complexity index is 974. The van der Waals surface area contributed by atoms with Crippen molar-refractivity contribution in [1.29, 1.82) is 0 Å². The van der Waals surface area contributed by atoms with Gasteiger partial charge in [-0.2, -0.15) is 10.2 Å². The molecule has 0 aromatic carbocycles. The highest BCUT2D eigenvalue weighted by atomic mass is 16.7. The number of aromatic nitrogens is 4. The van der Waals surface area contributed by atoms with Gasteiger partial charge in [0, 0.05) is 48.7 Å². The number of nitrogens with zero attached hydrogens (tertiary/aromatic N) is 3. The number of rotatable bonds is 7. The van der Waals surface area contributed by atoms with Crippen molar-refractivity contribution in [2.24, 2.45) is 0 Å². The number of aromatic amines is 1. The first kappa shape index (κ1) is 28.4. The van der Waals surface area contributed by atoms with E-state index >= 15 is 0 Å². The van der Waals surface area contributed by atoms with Crippen LogP contribution in [-0.4, -0.2) is 69.2 Å². The molecule has 36 heavy (non-hydrogen) atoms. The molecule has 4 rings (SSSR count). The van der Waals surface area contributed by atoms with Gasteiger partial charge in [0.15, 0.2) is 0 Å². The molecule has 2 aromatic rings. The van der Waals surface area contributed by atoms with E-state index in [1.807, 2.05) is 68.5 Å². The van der Waals surface area contributed by atoms with Gasteiger partial charge in [-0.05, 0) is 68.7 Å². The summed E-state index contributed by atoms with van der Waals surface area (Å²) in [5, 5.41) is 10.9. The Balaban J connectivity index is 0.000000221. The predicted molar refractivity (Wildman–Crippen MR) is 138 cm³/mol. The van der Waals surface area contributed by atoms with Gasteiger partial charge in [0.2, 0.25) is 0 Å². The summed E-state index contributed by atoms with van der Waals surface area (Å²) in [5.41, 5.74) is 0.551. The number of hydrogen-bond acceptors (Lipinski definition) is 8. The van der Waals surface area contributed by atoms with Crippen LogP contribution in [0.3, 0.4) is 0 Å². The number of nitrogens with one attached hydrogen (secondary N) is 1. The smallest absolute Gasteiger partial charge is 0.466 e. The van der Waals surface area contributed by atoms with Gasteiger partial charge in [-0.25, -0.2) is 0 Å². The molecule has 10 nitrogen and oxygen atoms in total. The second kappa shape index (κ2) is 10.7. The Morgan fingerprint density at radius 1 is 0.917 bits per heavy atom. The minimum atomic E-state index is -0.399. The van der Waals surface area contributed by atoms with Gasteiger partial charge in [0.25, 0.3) is 0 Å². The van der Waals surface area contributed by atoms with Gasteiger partial charge >= 0.3 is 20.2 Å². The fourth-order valence-corrected chi connectivity index (χ4v) is 3.59. The quantitative estimate of drug-likeness (QED) is 0.454. The molecule has 0 aliphatic carbocycles. The van der Waals surface area contributed by atoms with E-state index in [0.717, 1.165) is 10.9 Å². The Morgan fingerprint density at radius 3 is 1.92 bits per heavy atom. The van der Waals surface area contributed by atoms with Crippen LogP contribution in [0.5, 0.6) is 0 Å². The molecule has 0 bridgehead atoms. The largest absolute Gasteiger partial charge is 0.498 e. The fourth-order valence-electron chi connectivity index (χ4n) is 3.59. The lowest BCUT2D eigenvalue weighted by atomic mass is 9.82. The molecule has 2 fully saturated rings. The van der Waals surface area contributed by atoms with Crippen molar-refractivity contribution in [3.63, 3.8) is 0 Å². The van der Waals surface area contributed by atoms with Crippen LogP contribution in [0.4, 0.5) is 0 Å². The number of hydrogen-bond donors (Lipinski definition) is 1. The number of carbonyl (C=O) groups is 1.